The van der Waals surface area contributed by atoms with Gasteiger partial charge in [-0.1, -0.05) is 30.3 Å². The average Bonchev–Trinajstić information content (AvgIpc) is 2.68. The highest BCUT2D eigenvalue weighted by Crippen LogP contribution is 2.27. The predicted octanol–water partition coefficient (Wildman–Crippen LogP) is 4.01. The zero-order valence-corrected chi connectivity index (χ0v) is 15.0. The van der Waals surface area contributed by atoms with Crippen molar-refractivity contribution < 1.29 is 9.13 Å². The number of nitrogens with zero attached hydrogens (tertiary/aromatic N) is 1. The first-order valence-corrected chi connectivity index (χ1v) is 8.96. The smallest absolute Gasteiger partial charge is 0.147 e. The van der Waals surface area contributed by atoms with Crippen LogP contribution in [0.15, 0.2) is 48.5 Å². The summed E-state index contributed by atoms with van der Waals surface area (Å²) in [7, 11) is 0. The van der Waals surface area contributed by atoms with Crippen molar-refractivity contribution in [3.8, 4) is 6.07 Å². The third kappa shape index (κ3) is 4.40. The Labute approximate surface area is 154 Å². The molecular formula is C21H24FN3O. The molecule has 1 unspecified atom stereocenters. The number of nitriles is 1. The molecule has 0 bridgehead atoms. The van der Waals surface area contributed by atoms with Crippen molar-refractivity contribution >= 4 is 5.69 Å². The zero-order valence-electron chi connectivity index (χ0n) is 15.0. The fourth-order valence-electron chi connectivity index (χ4n) is 3.41. The molecule has 0 saturated carbocycles. The number of nitrogens with one attached hydrogen (secondary N) is 2. The molecule has 2 aromatic rings. The Bertz CT molecular complexity index is 767. The Morgan fingerprint density at radius 2 is 1.92 bits per heavy atom. The molecule has 0 radical (unpaired) electrons. The highest BCUT2D eigenvalue weighted by molar-refractivity contribution is 5.49. The SMILES string of the molecule is CC(NC1(CNc2ccc(C#N)cc2F)CCOCC1)c1ccccc1. The van der Waals surface area contributed by atoms with Gasteiger partial charge in [0.1, 0.15) is 5.82 Å². The van der Waals surface area contributed by atoms with E-state index in [4.69, 9.17) is 10.00 Å². The van der Waals surface area contributed by atoms with Gasteiger partial charge in [-0.25, -0.2) is 4.39 Å². The fourth-order valence-corrected chi connectivity index (χ4v) is 3.41. The van der Waals surface area contributed by atoms with Gasteiger partial charge in [0.2, 0.25) is 0 Å². The molecule has 0 aliphatic carbocycles. The van der Waals surface area contributed by atoms with Gasteiger partial charge in [0.15, 0.2) is 0 Å². The second-order valence-corrected chi connectivity index (χ2v) is 6.83. The molecule has 26 heavy (non-hydrogen) atoms. The lowest BCUT2D eigenvalue weighted by atomic mass is 9.88. The molecule has 1 aliphatic heterocycles. The molecule has 1 atom stereocenters. The highest BCUT2D eigenvalue weighted by Gasteiger charge is 2.34. The molecule has 1 aliphatic rings. The lowest BCUT2D eigenvalue weighted by Crippen LogP contribution is -2.54. The molecule has 0 aromatic heterocycles. The van der Waals surface area contributed by atoms with Crippen molar-refractivity contribution in [1.29, 1.82) is 5.26 Å². The maximum absolute atomic E-state index is 14.2. The third-order valence-electron chi connectivity index (χ3n) is 4.99. The van der Waals surface area contributed by atoms with E-state index in [-0.39, 0.29) is 11.6 Å². The summed E-state index contributed by atoms with van der Waals surface area (Å²) in [6, 6.07) is 17.0. The summed E-state index contributed by atoms with van der Waals surface area (Å²) >= 11 is 0. The zero-order chi connectivity index (χ0) is 18.4. The van der Waals surface area contributed by atoms with Crippen LogP contribution in [0.4, 0.5) is 10.1 Å². The molecule has 0 spiro atoms. The molecule has 1 fully saturated rings. The largest absolute Gasteiger partial charge is 0.381 e. The van der Waals surface area contributed by atoms with E-state index in [0.717, 1.165) is 12.8 Å². The summed E-state index contributed by atoms with van der Waals surface area (Å²) in [6.45, 7) is 4.11. The van der Waals surface area contributed by atoms with E-state index < -0.39 is 5.82 Å². The summed E-state index contributed by atoms with van der Waals surface area (Å²) in [5, 5.41) is 15.8. The van der Waals surface area contributed by atoms with Crippen LogP contribution in [0.3, 0.4) is 0 Å². The van der Waals surface area contributed by atoms with Crippen molar-refractivity contribution in [2.24, 2.45) is 0 Å². The maximum atomic E-state index is 14.2. The Balaban J connectivity index is 1.72. The number of anilines is 1. The summed E-state index contributed by atoms with van der Waals surface area (Å²) in [5.74, 6) is -0.401. The average molecular weight is 353 g/mol. The molecule has 2 aromatic carbocycles. The van der Waals surface area contributed by atoms with Crippen LogP contribution in [-0.4, -0.2) is 25.3 Å². The molecule has 5 heteroatoms. The number of rotatable bonds is 6. The van der Waals surface area contributed by atoms with Crippen molar-refractivity contribution in [2.75, 3.05) is 25.1 Å². The van der Waals surface area contributed by atoms with E-state index in [1.54, 1.807) is 12.1 Å². The van der Waals surface area contributed by atoms with Gasteiger partial charge in [-0.15, -0.1) is 0 Å². The minimum atomic E-state index is -0.401. The lowest BCUT2D eigenvalue weighted by Gasteiger charge is -2.41. The Morgan fingerprint density at radius 1 is 1.19 bits per heavy atom. The molecule has 0 amide bonds. The van der Waals surface area contributed by atoms with Crippen LogP contribution in [0.1, 0.15) is 36.9 Å². The summed E-state index contributed by atoms with van der Waals surface area (Å²) in [4.78, 5) is 0. The number of halogens is 1. The van der Waals surface area contributed by atoms with Crippen molar-refractivity contribution in [3.05, 3.63) is 65.5 Å². The van der Waals surface area contributed by atoms with Crippen LogP contribution in [0.25, 0.3) is 0 Å². The van der Waals surface area contributed by atoms with Crippen LogP contribution >= 0.6 is 0 Å². The van der Waals surface area contributed by atoms with Gasteiger partial charge in [-0.2, -0.15) is 5.26 Å². The minimum absolute atomic E-state index is 0.173. The first kappa shape index (κ1) is 18.4. The van der Waals surface area contributed by atoms with Crippen LogP contribution in [-0.2, 0) is 4.74 Å². The van der Waals surface area contributed by atoms with Crippen LogP contribution < -0.4 is 10.6 Å². The topological polar surface area (TPSA) is 57.1 Å². The normalized spacial score (nSPS) is 17.3. The van der Waals surface area contributed by atoms with E-state index in [1.807, 2.05) is 24.3 Å². The predicted molar refractivity (Wildman–Crippen MR) is 100 cm³/mol. The second kappa shape index (κ2) is 8.31. The van der Waals surface area contributed by atoms with Gasteiger partial charge in [0.05, 0.1) is 17.3 Å². The van der Waals surface area contributed by atoms with E-state index in [9.17, 15) is 4.39 Å². The third-order valence-corrected chi connectivity index (χ3v) is 4.99. The number of hydrogen-bond donors (Lipinski definition) is 2. The Morgan fingerprint density at radius 3 is 2.58 bits per heavy atom. The minimum Gasteiger partial charge on any atom is -0.381 e. The van der Waals surface area contributed by atoms with E-state index in [2.05, 4.69) is 29.7 Å². The molecule has 2 N–H and O–H groups in total. The van der Waals surface area contributed by atoms with Gasteiger partial charge in [0.25, 0.3) is 0 Å². The van der Waals surface area contributed by atoms with Crippen molar-refractivity contribution in [3.63, 3.8) is 0 Å². The van der Waals surface area contributed by atoms with E-state index in [0.29, 0.717) is 31.0 Å². The lowest BCUT2D eigenvalue weighted by molar-refractivity contribution is 0.0389. The quantitative estimate of drug-likeness (QED) is 0.824. The van der Waals surface area contributed by atoms with Gasteiger partial charge >= 0.3 is 0 Å². The molecule has 1 saturated heterocycles. The summed E-state index contributed by atoms with van der Waals surface area (Å²) in [6.07, 6.45) is 1.71. The standard InChI is InChI=1S/C21H24FN3O/c1-16(18-5-3-2-4-6-18)25-21(9-11-26-12-10-21)15-24-20-8-7-17(14-23)13-19(20)22/h2-8,13,16,24-25H,9-12,15H2,1H3. The van der Waals surface area contributed by atoms with E-state index >= 15 is 0 Å². The van der Waals surface area contributed by atoms with Crippen molar-refractivity contribution in [2.45, 2.75) is 31.3 Å². The van der Waals surface area contributed by atoms with Gasteiger partial charge < -0.3 is 15.4 Å². The molecule has 4 nitrogen and oxygen atoms in total. The van der Waals surface area contributed by atoms with Gasteiger partial charge in [-0.3, -0.25) is 0 Å². The second-order valence-electron chi connectivity index (χ2n) is 6.83. The van der Waals surface area contributed by atoms with E-state index in [1.165, 1.54) is 11.6 Å². The van der Waals surface area contributed by atoms with Crippen LogP contribution in [0, 0.1) is 17.1 Å². The molecule has 136 valence electrons. The maximum Gasteiger partial charge on any atom is 0.147 e. The monoisotopic (exact) mass is 353 g/mol. The Hall–Kier alpha value is -2.42. The number of benzene rings is 2. The molecule has 3 rings (SSSR count). The van der Waals surface area contributed by atoms with Crippen LogP contribution in [0.5, 0.6) is 0 Å². The van der Waals surface area contributed by atoms with Crippen LogP contribution in [0.2, 0.25) is 0 Å². The van der Waals surface area contributed by atoms with Crippen molar-refractivity contribution in [1.82, 2.24) is 5.32 Å². The van der Waals surface area contributed by atoms with Gasteiger partial charge in [0, 0.05) is 31.3 Å². The summed E-state index contributed by atoms with van der Waals surface area (Å²) < 4.78 is 19.7. The Kier molecular flexibility index (Phi) is 5.87. The first-order chi connectivity index (χ1) is 12.6. The fraction of sp³-hybridized carbons (Fsp3) is 0.381. The number of hydrogen-bond acceptors (Lipinski definition) is 4. The first-order valence-electron chi connectivity index (χ1n) is 8.96. The molecular weight excluding hydrogens is 329 g/mol. The van der Waals surface area contributed by atoms with Gasteiger partial charge in [-0.05, 0) is 43.5 Å². The summed E-state index contributed by atoms with van der Waals surface area (Å²) in [5.41, 5.74) is 1.80. The highest BCUT2D eigenvalue weighted by atomic mass is 19.1. The molecule has 1 heterocycles. The number of ether oxygens (including phenoxy) is 1.